The van der Waals surface area contributed by atoms with Crippen LogP contribution in [0, 0.1) is 0 Å². The van der Waals surface area contributed by atoms with Crippen LogP contribution >= 0.6 is 0 Å². The zero-order valence-corrected chi connectivity index (χ0v) is 11.6. The zero-order chi connectivity index (χ0) is 12.6. The van der Waals surface area contributed by atoms with Crippen molar-refractivity contribution in [2.45, 2.75) is 22.7 Å². The van der Waals surface area contributed by atoms with Crippen LogP contribution < -0.4 is 11.5 Å². The Hall–Kier alpha value is -0.591. The van der Waals surface area contributed by atoms with Crippen molar-refractivity contribution in [3.05, 3.63) is 10.4 Å². The molecule has 5 N–H and O–H groups in total. The van der Waals surface area contributed by atoms with Crippen LogP contribution in [0.3, 0.4) is 0 Å². The molecule has 0 radical (unpaired) electrons. The molecule has 0 spiro atoms. The van der Waals surface area contributed by atoms with Gasteiger partial charge in [0.25, 0.3) is 0 Å². The van der Waals surface area contributed by atoms with Crippen LogP contribution in [0.5, 0.6) is 0 Å². The Morgan fingerprint density at radius 3 is 2.25 bits per heavy atom. The van der Waals surface area contributed by atoms with Gasteiger partial charge in [-0.25, -0.2) is 0 Å². The summed E-state index contributed by atoms with van der Waals surface area (Å²) in [5, 5.41) is 12.3. The molecule has 2 atom stereocenters. The maximum atomic E-state index is 10.9. The number of carbonyl (C=O) groups is 2. The maximum absolute atomic E-state index is 10.9. The van der Waals surface area contributed by atoms with E-state index in [1.54, 1.807) is 0 Å². The van der Waals surface area contributed by atoms with Gasteiger partial charge in [-0.05, 0) is 0 Å². The van der Waals surface area contributed by atoms with E-state index in [1.165, 1.54) is 0 Å². The fourth-order valence-electron chi connectivity index (χ4n) is 0.504. The van der Waals surface area contributed by atoms with Gasteiger partial charge in [-0.3, -0.25) is 0 Å². The molecule has 0 aliphatic rings. The molecule has 90 valence electrons. The van der Waals surface area contributed by atoms with Gasteiger partial charge in [-0.2, -0.15) is 0 Å². The summed E-state index contributed by atoms with van der Waals surface area (Å²) in [5.74, 6) is -1.70. The van der Waals surface area contributed by atoms with Gasteiger partial charge in [-0.15, -0.1) is 0 Å². The second-order valence-corrected chi connectivity index (χ2v) is 10.2. The first kappa shape index (κ1) is 15.4. The third-order valence-corrected chi connectivity index (χ3v) is 8.57. The van der Waals surface area contributed by atoms with Crippen LogP contribution in [0.4, 0.5) is 0 Å². The molecule has 0 saturated heterocycles. The number of carbonyl (C=O) groups excluding carboxylic acids is 1. The summed E-state index contributed by atoms with van der Waals surface area (Å²) in [6.45, 7) is 0. The Labute approximate surface area is 103 Å². The molecule has 0 aromatic rings. The fourth-order valence-corrected chi connectivity index (χ4v) is 7.42. The molecule has 0 aliphatic carbocycles. The van der Waals surface area contributed by atoms with E-state index < -0.39 is 24.0 Å². The van der Waals surface area contributed by atoms with Crippen LogP contribution in [-0.4, -0.2) is 55.3 Å². The Balaban J connectivity index is 3.70. The van der Waals surface area contributed by atoms with Crippen molar-refractivity contribution in [3.8, 4) is 0 Å². The normalized spacial score (nSPS) is 13.6. The summed E-state index contributed by atoms with van der Waals surface area (Å²) < 4.78 is 0. The molecular weight excluding hydrogens is 348 g/mol. The fraction of sp³-hybridized carbons (Fsp3) is 0.667. The van der Waals surface area contributed by atoms with Crippen molar-refractivity contribution in [2.75, 3.05) is 0 Å². The summed E-state index contributed by atoms with van der Waals surface area (Å²) in [7, 11) is 0. The van der Waals surface area contributed by atoms with Gasteiger partial charge in [0.15, 0.2) is 0 Å². The molecule has 0 unspecified atom stereocenters. The van der Waals surface area contributed by atoms with Gasteiger partial charge >= 0.3 is 103 Å². The summed E-state index contributed by atoms with van der Waals surface area (Å²) in [6.07, 6.45) is 0. The van der Waals surface area contributed by atoms with Gasteiger partial charge in [-0.1, -0.05) is 0 Å². The molecule has 16 heavy (non-hydrogen) atoms. The van der Waals surface area contributed by atoms with E-state index >= 15 is 0 Å². The minimum atomic E-state index is -1.02. The number of aliphatic carboxylic acids is 1. The Morgan fingerprint density at radius 1 is 1.31 bits per heavy atom. The second-order valence-electron chi connectivity index (χ2n) is 2.65. The van der Waals surface area contributed by atoms with E-state index in [4.69, 9.17) is 22.1 Å². The zero-order valence-electron chi connectivity index (χ0n) is 8.15. The summed E-state index contributed by atoms with van der Waals surface area (Å²) >= 11 is 0.166. The van der Waals surface area contributed by atoms with Crippen LogP contribution in [-0.2, 0) is 9.59 Å². The molecule has 8 nitrogen and oxygen atoms in total. The van der Waals surface area contributed by atoms with Crippen LogP contribution in [0.15, 0.2) is 5.11 Å². The van der Waals surface area contributed by atoms with Gasteiger partial charge < -0.3 is 0 Å². The number of hydrogen-bond donors (Lipinski definition) is 3. The molecule has 1 amide bonds. The second kappa shape index (κ2) is 8.55. The number of rotatable bonds is 7. The first-order valence-electron chi connectivity index (χ1n) is 4.06. The number of azide groups is 1. The third-order valence-electron chi connectivity index (χ3n) is 1.36. The number of amides is 1. The van der Waals surface area contributed by atoms with Gasteiger partial charge in [0.1, 0.15) is 0 Å². The first-order valence-corrected chi connectivity index (χ1v) is 10.8. The van der Waals surface area contributed by atoms with Crippen LogP contribution in [0.1, 0.15) is 0 Å². The van der Waals surface area contributed by atoms with E-state index in [2.05, 4.69) is 10.0 Å². The predicted octanol–water partition coefficient (Wildman–Crippen LogP) is -1.28. The Kier molecular flexibility index (Phi) is 8.23. The number of carboxylic acid groups (broad SMARTS) is 1. The molecule has 0 aromatic heterocycles. The van der Waals surface area contributed by atoms with Crippen LogP contribution in [0.25, 0.3) is 10.4 Å². The van der Waals surface area contributed by atoms with Gasteiger partial charge in [0, 0.05) is 0 Å². The number of hydrogen-bond acceptors (Lipinski definition) is 4. The molecular formula is C6H11N5O3Se2. The Morgan fingerprint density at radius 2 is 1.81 bits per heavy atom. The molecule has 0 aliphatic heterocycles. The van der Waals surface area contributed by atoms with E-state index in [0.717, 1.165) is 0 Å². The number of carboxylic acids is 1. The molecule has 0 aromatic carbocycles. The van der Waals surface area contributed by atoms with Crippen molar-refractivity contribution < 1.29 is 14.7 Å². The van der Waals surface area contributed by atoms with Crippen molar-refractivity contribution in [1.82, 2.24) is 0 Å². The quantitative estimate of drug-likeness (QED) is 0.170. The molecule has 0 rings (SSSR count). The average molecular weight is 359 g/mol. The molecule has 10 heteroatoms. The van der Waals surface area contributed by atoms with E-state index in [9.17, 15) is 9.59 Å². The first-order chi connectivity index (χ1) is 7.49. The topological polar surface area (TPSA) is 155 Å². The standard InChI is InChI=1S/C6H11N5O3Se2/c7-3(5(12)10-11-9)1-15-16-2-4(8)6(13)14/h3-4H,1-2,7-8H2,(H,13,14)/t3-,4-/m0/s1. The molecule has 0 fully saturated rings. The summed E-state index contributed by atoms with van der Waals surface area (Å²) in [5.41, 5.74) is 18.7. The van der Waals surface area contributed by atoms with Crippen molar-refractivity contribution >= 4 is 38.1 Å². The van der Waals surface area contributed by atoms with Crippen molar-refractivity contribution in [1.29, 1.82) is 0 Å². The molecule has 0 saturated carbocycles. The number of nitrogens with zero attached hydrogens (tertiary/aromatic N) is 3. The van der Waals surface area contributed by atoms with Crippen LogP contribution in [0.2, 0.25) is 10.6 Å². The summed E-state index contributed by atoms with van der Waals surface area (Å²) in [6, 6.07) is -1.62. The molecule has 0 heterocycles. The van der Waals surface area contributed by atoms with Crippen molar-refractivity contribution in [2.24, 2.45) is 16.6 Å². The minimum absolute atomic E-state index is 0.0824. The average Bonchev–Trinajstić information content (AvgIpc) is 2.23. The van der Waals surface area contributed by atoms with E-state index in [-0.39, 0.29) is 26.3 Å². The van der Waals surface area contributed by atoms with E-state index in [1.807, 2.05) is 0 Å². The third kappa shape index (κ3) is 6.81. The van der Waals surface area contributed by atoms with Gasteiger partial charge in [0.2, 0.25) is 0 Å². The summed E-state index contributed by atoms with van der Waals surface area (Å²) in [4.78, 5) is 23.7. The molecule has 0 bridgehead atoms. The predicted molar refractivity (Wildman–Crippen MR) is 58.9 cm³/mol. The Bertz CT molecular complexity index is 307. The van der Waals surface area contributed by atoms with Gasteiger partial charge in [0.05, 0.1) is 0 Å². The van der Waals surface area contributed by atoms with E-state index in [0.29, 0.717) is 10.6 Å². The SMILES string of the molecule is [N-]=[N+]=NC(=O)[C@@H](N)C[Se][Se]C[C@H](N)C(=O)O. The number of nitrogens with two attached hydrogens (primary N) is 2. The monoisotopic (exact) mass is 361 g/mol. The van der Waals surface area contributed by atoms with Crippen molar-refractivity contribution in [3.63, 3.8) is 0 Å².